The number of hydrogen-bond acceptors (Lipinski definition) is 3. The van der Waals surface area contributed by atoms with Crippen molar-refractivity contribution in [3.8, 4) is 0 Å². The van der Waals surface area contributed by atoms with Crippen molar-refractivity contribution in [3.63, 3.8) is 0 Å². The minimum Gasteiger partial charge on any atom is -0.359 e. The molecular weight excluding hydrogens is 372 g/mol. The Labute approximate surface area is 176 Å². The van der Waals surface area contributed by atoms with Crippen LogP contribution in [0, 0.1) is 11.3 Å². The highest BCUT2D eigenvalue weighted by Crippen LogP contribution is 2.67. The summed E-state index contributed by atoms with van der Waals surface area (Å²) >= 11 is 0. The number of rotatable bonds is 1. The number of carbonyl (C=O) groups excluding carboxylic acids is 1. The van der Waals surface area contributed by atoms with Crippen LogP contribution in [0.25, 0.3) is 16.5 Å². The van der Waals surface area contributed by atoms with Gasteiger partial charge in [0, 0.05) is 29.6 Å². The van der Waals surface area contributed by atoms with Crippen LogP contribution in [0.5, 0.6) is 0 Å². The number of H-pyrrole nitrogens is 1. The van der Waals surface area contributed by atoms with E-state index in [-0.39, 0.29) is 16.6 Å². The van der Waals surface area contributed by atoms with Gasteiger partial charge >= 0.3 is 0 Å². The first-order chi connectivity index (χ1) is 14.5. The average Bonchev–Trinajstić information content (AvgIpc) is 3.41. The second kappa shape index (κ2) is 5.42. The summed E-state index contributed by atoms with van der Waals surface area (Å²) in [6, 6.07) is 6.64. The van der Waals surface area contributed by atoms with Gasteiger partial charge in [0.15, 0.2) is 0 Å². The van der Waals surface area contributed by atoms with Crippen LogP contribution in [-0.4, -0.2) is 27.2 Å². The third-order valence-corrected chi connectivity index (χ3v) is 8.84. The van der Waals surface area contributed by atoms with Crippen LogP contribution in [0.1, 0.15) is 57.4 Å². The highest BCUT2D eigenvalue weighted by atomic mass is 16.5. The number of aromatic nitrogens is 2. The fourth-order valence-electron chi connectivity index (χ4n) is 7.36. The van der Waals surface area contributed by atoms with Crippen LogP contribution >= 0.6 is 0 Å². The van der Waals surface area contributed by atoms with Crippen LogP contribution in [0.3, 0.4) is 0 Å². The molecule has 0 amide bonds. The zero-order valence-electron chi connectivity index (χ0n) is 17.3. The van der Waals surface area contributed by atoms with Gasteiger partial charge < -0.3 is 4.74 Å². The lowest BCUT2D eigenvalue weighted by Crippen LogP contribution is -2.53. The van der Waals surface area contributed by atoms with E-state index in [1.165, 1.54) is 22.3 Å². The van der Waals surface area contributed by atoms with Gasteiger partial charge in [-0.05, 0) is 66.5 Å². The second-order valence-electron chi connectivity index (χ2n) is 10.2. The van der Waals surface area contributed by atoms with E-state index in [2.05, 4.69) is 53.5 Å². The van der Waals surface area contributed by atoms with Crippen molar-refractivity contribution in [2.45, 2.75) is 63.1 Å². The first kappa shape index (κ1) is 17.2. The average molecular weight is 399 g/mol. The molecule has 4 heteroatoms. The molecule has 2 aliphatic heterocycles. The number of carbonyl (C=O) groups is 1. The standard InChI is InChI=1S/C26H26N2O2/c1-24-9-8-19-13-18-3-4-20(29)14-25(18)10-11-26(19,30-25)23(24)7-5-21(24)16-2-6-22-17(12-16)15-27-28-22/h2,5-6,8,12-13,15,23H,3-4,7,9-11,14H2,1H3,(H,27,28). The summed E-state index contributed by atoms with van der Waals surface area (Å²) in [6.45, 7) is 2.43. The van der Waals surface area contributed by atoms with Gasteiger partial charge in [0.25, 0.3) is 0 Å². The van der Waals surface area contributed by atoms with E-state index in [0.29, 0.717) is 24.5 Å². The van der Waals surface area contributed by atoms with Crippen LogP contribution in [0.15, 0.2) is 53.8 Å². The Balaban J connectivity index is 1.33. The third kappa shape index (κ3) is 1.96. The zero-order valence-corrected chi connectivity index (χ0v) is 17.3. The predicted molar refractivity (Wildman–Crippen MR) is 116 cm³/mol. The monoisotopic (exact) mass is 398 g/mol. The van der Waals surface area contributed by atoms with E-state index in [0.717, 1.165) is 43.0 Å². The summed E-state index contributed by atoms with van der Waals surface area (Å²) in [4.78, 5) is 12.3. The van der Waals surface area contributed by atoms with Crippen molar-refractivity contribution in [2.24, 2.45) is 11.3 Å². The number of allylic oxidation sites excluding steroid dienone is 3. The van der Waals surface area contributed by atoms with E-state index in [4.69, 9.17) is 4.74 Å². The Morgan fingerprint density at radius 3 is 3.07 bits per heavy atom. The number of aromatic amines is 1. The molecule has 2 spiro atoms. The number of hydrogen-bond donors (Lipinski definition) is 1. The van der Waals surface area contributed by atoms with Crippen molar-refractivity contribution in [1.82, 2.24) is 10.2 Å². The molecule has 3 heterocycles. The van der Waals surface area contributed by atoms with E-state index < -0.39 is 0 Å². The molecule has 4 nitrogen and oxygen atoms in total. The minimum atomic E-state index is -0.316. The Morgan fingerprint density at radius 2 is 2.13 bits per heavy atom. The number of nitrogens with zero attached hydrogens (tertiary/aromatic N) is 1. The van der Waals surface area contributed by atoms with Crippen LogP contribution in [-0.2, 0) is 9.53 Å². The molecular formula is C26H26N2O2. The van der Waals surface area contributed by atoms with E-state index in [1.807, 2.05) is 6.20 Å². The molecule has 4 atom stereocenters. The van der Waals surface area contributed by atoms with Gasteiger partial charge in [-0.2, -0.15) is 5.10 Å². The molecule has 2 fully saturated rings. The van der Waals surface area contributed by atoms with Crippen molar-refractivity contribution in [1.29, 1.82) is 0 Å². The zero-order chi connectivity index (χ0) is 20.1. The van der Waals surface area contributed by atoms with Crippen molar-refractivity contribution in [2.75, 3.05) is 0 Å². The van der Waals surface area contributed by atoms with E-state index >= 15 is 0 Å². The second-order valence-corrected chi connectivity index (χ2v) is 10.2. The fourth-order valence-corrected chi connectivity index (χ4v) is 7.36. The first-order valence-corrected chi connectivity index (χ1v) is 11.3. The van der Waals surface area contributed by atoms with Crippen LogP contribution in [0.2, 0.25) is 0 Å². The normalized spacial score (nSPS) is 39.2. The topological polar surface area (TPSA) is 55.0 Å². The van der Waals surface area contributed by atoms with Gasteiger partial charge in [-0.25, -0.2) is 0 Å². The highest BCUT2D eigenvalue weighted by molar-refractivity contribution is 5.85. The van der Waals surface area contributed by atoms with Gasteiger partial charge in [0.05, 0.1) is 22.9 Å². The SMILES string of the molecule is CC12CC=C3C=C4CCC(=O)CC45CCC3(O5)C1CC=C2c1ccc2[nH]ncc2c1. The number of ketones is 1. The predicted octanol–water partition coefficient (Wildman–Crippen LogP) is 5.28. The smallest absolute Gasteiger partial charge is 0.136 e. The molecule has 4 unspecified atom stereocenters. The highest BCUT2D eigenvalue weighted by Gasteiger charge is 2.65. The van der Waals surface area contributed by atoms with Gasteiger partial charge in [0.1, 0.15) is 5.78 Å². The van der Waals surface area contributed by atoms with Gasteiger partial charge in [0.2, 0.25) is 0 Å². The van der Waals surface area contributed by atoms with Crippen molar-refractivity contribution >= 4 is 22.3 Å². The van der Waals surface area contributed by atoms with Crippen LogP contribution < -0.4 is 0 Å². The van der Waals surface area contributed by atoms with Gasteiger partial charge in [-0.15, -0.1) is 0 Å². The Bertz CT molecular complexity index is 1220. The molecule has 1 aromatic heterocycles. The molecule has 0 radical (unpaired) electrons. The molecule has 30 heavy (non-hydrogen) atoms. The Kier molecular flexibility index (Phi) is 3.11. The van der Waals surface area contributed by atoms with E-state index in [1.54, 1.807) is 0 Å². The summed E-state index contributed by atoms with van der Waals surface area (Å²) in [5.41, 5.74) is 6.10. The molecule has 7 rings (SSSR count). The lowest BCUT2D eigenvalue weighted by Gasteiger charge is -2.53. The Hall–Kier alpha value is -2.46. The molecule has 1 aromatic carbocycles. The number of Topliss-reactive ketones (excluding diaryl/α,β-unsaturated/α-hetero) is 1. The largest absolute Gasteiger partial charge is 0.359 e. The lowest BCUT2D eigenvalue weighted by atomic mass is 9.58. The Morgan fingerprint density at radius 1 is 1.20 bits per heavy atom. The maximum Gasteiger partial charge on any atom is 0.136 e. The van der Waals surface area contributed by atoms with Crippen molar-refractivity contribution in [3.05, 3.63) is 59.3 Å². The molecule has 1 N–H and O–H groups in total. The lowest BCUT2D eigenvalue weighted by molar-refractivity contribution is -0.143. The molecule has 3 aliphatic carbocycles. The third-order valence-electron chi connectivity index (χ3n) is 8.84. The summed E-state index contributed by atoms with van der Waals surface area (Å²) in [5.74, 6) is 0.795. The molecule has 152 valence electrons. The first-order valence-electron chi connectivity index (χ1n) is 11.3. The molecule has 5 aliphatic rings. The molecule has 2 bridgehead atoms. The quantitative estimate of drug-likeness (QED) is 0.711. The van der Waals surface area contributed by atoms with Gasteiger partial charge in [-0.1, -0.05) is 31.2 Å². The summed E-state index contributed by atoms with van der Waals surface area (Å²) in [7, 11) is 0. The summed E-state index contributed by atoms with van der Waals surface area (Å²) < 4.78 is 7.07. The number of benzene rings is 1. The molecule has 2 aromatic rings. The molecule has 1 saturated heterocycles. The maximum atomic E-state index is 12.3. The summed E-state index contributed by atoms with van der Waals surface area (Å²) in [6.07, 6.45) is 15.5. The number of nitrogens with one attached hydrogen (secondary N) is 1. The summed E-state index contributed by atoms with van der Waals surface area (Å²) in [5, 5.41) is 8.40. The minimum absolute atomic E-state index is 0.0520. The molecule has 1 saturated carbocycles. The van der Waals surface area contributed by atoms with E-state index in [9.17, 15) is 4.79 Å². The van der Waals surface area contributed by atoms with Gasteiger partial charge in [-0.3, -0.25) is 9.89 Å². The fraction of sp³-hybridized carbons (Fsp3) is 0.462. The van der Waals surface area contributed by atoms with Crippen LogP contribution in [0.4, 0.5) is 0 Å². The maximum absolute atomic E-state index is 12.3. The number of ether oxygens (including phenoxy) is 1. The van der Waals surface area contributed by atoms with Crippen molar-refractivity contribution < 1.29 is 9.53 Å². The number of fused-ring (bicyclic) bond motifs is 2.